The van der Waals surface area contributed by atoms with Crippen molar-refractivity contribution in [3.63, 3.8) is 0 Å². The Balaban J connectivity index is 1.41. The van der Waals surface area contributed by atoms with Crippen molar-refractivity contribution in [2.75, 3.05) is 13.1 Å². The van der Waals surface area contributed by atoms with Crippen LogP contribution in [0.15, 0.2) is 18.5 Å². The van der Waals surface area contributed by atoms with Crippen LogP contribution in [-0.2, 0) is 11.3 Å². The molecule has 2 fully saturated rings. The first-order valence-corrected chi connectivity index (χ1v) is 8.83. The molecule has 1 N–H and O–H groups in total. The van der Waals surface area contributed by atoms with Gasteiger partial charge in [0.05, 0.1) is 11.8 Å². The molecule has 24 heavy (non-hydrogen) atoms. The van der Waals surface area contributed by atoms with Gasteiger partial charge < -0.3 is 10.0 Å². The van der Waals surface area contributed by atoms with Crippen LogP contribution in [0.2, 0.25) is 0 Å². The van der Waals surface area contributed by atoms with E-state index < -0.39 is 5.60 Å². The minimum atomic E-state index is -0.549. The van der Waals surface area contributed by atoms with Gasteiger partial charge in [-0.3, -0.25) is 4.79 Å². The van der Waals surface area contributed by atoms with Crippen LogP contribution in [0.5, 0.6) is 0 Å². The molecule has 2 aliphatic rings. The van der Waals surface area contributed by atoms with Crippen LogP contribution < -0.4 is 0 Å². The molecule has 0 spiro atoms. The van der Waals surface area contributed by atoms with Gasteiger partial charge in [-0.05, 0) is 50.2 Å². The standard InChI is InChI=1S/C18H24N4O2/c1-13-9-14-11-20-22(17(14)19-10-13)12-16(23)21-7-5-18(24,6-8-21)15-3-2-4-15/h9-11,15,24H,2-8,12H2,1H3. The Kier molecular flexibility index (Phi) is 3.79. The summed E-state index contributed by atoms with van der Waals surface area (Å²) in [5.41, 5.74) is 1.28. The molecule has 6 heteroatoms. The van der Waals surface area contributed by atoms with E-state index in [-0.39, 0.29) is 12.5 Å². The number of aryl methyl sites for hydroxylation is 1. The van der Waals surface area contributed by atoms with Crippen molar-refractivity contribution in [2.45, 2.75) is 51.2 Å². The van der Waals surface area contributed by atoms with Crippen LogP contribution in [0.3, 0.4) is 0 Å². The minimum Gasteiger partial charge on any atom is -0.389 e. The first-order valence-electron chi connectivity index (χ1n) is 8.83. The molecular weight excluding hydrogens is 304 g/mol. The fourth-order valence-electron chi connectivity index (χ4n) is 3.92. The number of aromatic nitrogens is 3. The third-order valence-corrected chi connectivity index (χ3v) is 5.74. The van der Waals surface area contributed by atoms with Crippen LogP contribution in [0.1, 0.15) is 37.7 Å². The average Bonchev–Trinajstić information content (AvgIpc) is 2.88. The first-order chi connectivity index (χ1) is 11.5. The molecule has 0 radical (unpaired) electrons. The van der Waals surface area contributed by atoms with Crippen LogP contribution in [0.4, 0.5) is 0 Å². The quantitative estimate of drug-likeness (QED) is 0.934. The topological polar surface area (TPSA) is 71.2 Å². The molecule has 3 heterocycles. The molecule has 2 aromatic rings. The predicted octanol–water partition coefficient (Wildman–Crippen LogP) is 1.89. The van der Waals surface area contributed by atoms with Gasteiger partial charge in [0.1, 0.15) is 6.54 Å². The molecule has 4 rings (SSSR count). The largest absolute Gasteiger partial charge is 0.389 e. The van der Waals surface area contributed by atoms with E-state index in [1.165, 1.54) is 6.42 Å². The lowest BCUT2D eigenvalue weighted by Gasteiger charge is -2.46. The summed E-state index contributed by atoms with van der Waals surface area (Å²) in [6.45, 7) is 3.47. The Hall–Kier alpha value is -1.95. The summed E-state index contributed by atoms with van der Waals surface area (Å²) < 4.78 is 1.67. The van der Waals surface area contributed by atoms with Gasteiger partial charge in [0.25, 0.3) is 0 Å². The van der Waals surface area contributed by atoms with Gasteiger partial charge in [0, 0.05) is 24.7 Å². The van der Waals surface area contributed by atoms with Crippen LogP contribution in [0, 0.1) is 12.8 Å². The SMILES string of the molecule is Cc1cnc2c(cnn2CC(=O)N2CCC(O)(C3CCC3)CC2)c1. The summed E-state index contributed by atoms with van der Waals surface area (Å²) in [6, 6.07) is 2.02. The molecule has 128 valence electrons. The normalized spacial score (nSPS) is 21.0. The second kappa shape index (κ2) is 5.84. The third kappa shape index (κ3) is 2.69. The summed E-state index contributed by atoms with van der Waals surface area (Å²) in [5.74, 6) is 0.496. The van der Waals surface area contributed by atoms with Gasteiger partial charge in [0.2, 0.25) is 5.91 Å². The smallest absolute Gasteiger partial charge is 0.244 e. The maximum atomic E-state index is 12.6. The highest BCUT2D eigenvalue weighted by atomic mass is 16.3. The van der Waals surface area contributed by atoms with E-state index >= 15 is 0 Å². The number of rotatable bonds is 3. The van der Waals surface area contributed by atoms with Crippen molar-refractivity contribution >= 4 is 16.9 Å². The van der Waals surface area contributed by atoms with Gasteiger partial charge >= 0.3 is 0 Å². The van der Waals surface area contributed by atoms with E-state index in [2.05, 4.69) is 10.1 Å². The summed E-state index contributed by atoms with van der Waals surface area (Å²) in [7, 11) is 0. The number of amides is 1. The molecule has 1 saturated heterocycles. The first kappa shape index (κ1) is 15.6. The van der Waals surface area contributed by atoms with Crippen molar-refractivity contribution in [3.8, 4) is 0 Å². The van der Waals surface area contributed by atoms with E-state index in [4.69, 9.17) is 0 Å². The number of hydrogen-bond donors (Lipinski definition) is 1. The number of likely N-dealkylation sites (tertiary alicyclic amines) is 1. The van der Waals surface area contributed by atoms with Crippen molar-refractivity contribution in [1.82, 2.24) is 19.7 Å². The molecule has 6 nitrogen and oxygen atoms in total. The van der Waals surface area contributed by atoms with Gasteiger partial charge in [-0.25, -0.2) is 9.67 Å². The third-order valence-electron chi connectivity index (χ3n) is 5.74. The van der Waals surface area contributed by atoms with Crippen molar-refractivity contribution < 1.29 is 9.90 Å². The molecule has 1 amide bonds. The van der Waals surface area contributed by atoms with Crippen molar-refractivity contribution in [2.24, 2.45) is 5.92 Å². The number of hydrogen-bond acceptors (Lipinski definition) is 4. The number of carbonyl (C=O) groups is 1. The highest BCUT2D eigenvalue weighted by Crippen LogP contribution is 2.41. The van der Waals surface area contributed by atoms with Gasteiger partial charge in [-0.15, -0.1) is 0 Å². The fraction of sp³-hybridized carbons (Fsp3) is 0.611. The number of aliphatic hydroxyl groups is 1. The summed E-state index contributed by atoms with van der Waals surface area (Å²) in [4.78, 5) is 18.8. The number of carbonyl (C=O) groups excluding carboxylic acids is 1. The summed E-state index contributed by atoms with van der Waals surface area (Å²) in [5, 5.41) is 16.0. The Bertz CT molecular complexity index is 757. The van der Waals surface area contributed by atoms with Gasteiger partial charge in [0.15, 0.2) is 5.65 Å². The lowest BCUT2D eigenvalue weighted by atomic mass is 9.69. The molecule has 2 aromatic heterocycles. The zero-order chi connectivity index (χ0) is 16.7. The van der Waals surface area contributed by atoms with Crippen LogP contribution >= 0.6 is 0 Å². The fourth-order valence-corrected chi connectivity index (χ4v) is 3.92. The number of piperidine rings is 1. The monoisotopic (exact) mass is 328 g/mol. The second-order valence-electron chi connectivity index (χ2n) is 7.34. The minimum absolute atomic E-state index is 0.0537. The molecule has 0 bridgehead atoms. The van der Waals surface area contributed by atoms with E-state index in [1.807, 2.05) is 17.9 Å². The lowest BCUT2D eigenvalue weighted by molar-refractivity contribution is -0.140. The van der Waals surface area contributed by atoms with Gasteiger partial charge in [-0.1, -0.05) is 6.42 Å². The van der Waals surface area contributed by atoms with E-state index in [0.717, 1.165) is 29.4 Å². The zero-order valence-corrected chi connectivity index (χ0v) is 14.1. The van der Waals surface area contributed by atoms with Crippen LogP contribution in [-0.4, -0.2) is 49.4 Å². The van der Waals surface area contributed by atoms with Gasteiger partial charge in [-0.2, -0.15) is 5.10 Å². The zero-order valence-electron chi connectivity index (χ0n) is 14.1. The van der Waals surface area contributed by atoms with E-state index in [1.54, 1.807) is 17.1 Å². The Morgan fingerprint density at radius 1 is 1.33 bits per heavy atom. The molecule has 1 saturated carbocycles. The summed E-state index contributed by atoms with van der Waals surface area (Å²) in [6.07, 6.45) is 8.44. The average molecular weight is 328 g/mol. The molecule has 0 atom stereocenters. The lowest BCUT2D eigenvalue weighted by Crippen LogP contribution is -2.52. The molecule has 0 aromatic carbocycles. The maximum absolute atomic E-state index is 12.6. The Labute approximate surface area is 141 Å². The van der Waals surface area contributed by atoms with Crippen molar-refractivity contribution in [1.29, 1.82) is 0 Å². The molecule has 1 aliphatic heterocycles. The van der Waals surface area contributed by atoms with E-state index in [9.17, 15) is 9.90 Å². The Morgan fingerprint density at radius 2 is 2.08 bits per heavy atom. The predicted molar refractivity (Wildman–Crippen MR) is 90.4 cm³/mol. The van der Waals surface area contributed by atoms with Crippen LogP contribution in [0.25, 0.3) is 11.0 Å². The molecule has 0 unspecified atom stereocenters. The summed E-state index contributed by atoms with van der Waals surface area (Å²) >= 11 is 0. The highest BCUT2D eigenvalue weighted by Gasteiger charge is 2.42. The second-order valence-corrected chi connectivity index (χ2v) is 7.34. The molecule has 1 aliphatic carbocycles. The number of pyridine rings is 1. The number of fused-ring (bicyclic) bond motifs is 1. The van der Waals surface area contributed by atoms with E-state index in [0.29, 0.717) is 31.8 Å². The highest BCUT2D eigenvalue weighted by molar-refractivity contribution is 5.80. The maximum Gasteiger partial charge on any atom is 0.244 e. The molecular formula is C18H24N4O2. The van der Waals surface area contributed by atoms with Crippen molar-refractivity contribution in [3.05, 3.63) is 24.0 Å². The number of nitrogens with zero attached hydrogens (tertiary/aromatic N) is 4. The Morgan fingerprint density at radius 3 is 2.75 bits per heavy atom.